The van der Waals surface area contributed by atoms with Crippen molar-refractivity contribution in [2.45, 2.75) is 31.7 Å². The Morgan fingerprint density at radius 2 is 2.22 bits per heavy atom. The third kappa shape index (κ3) is 2.49. The Bertz CT molecular complexity index is 416. The molecule has 1 unspecified atom stereocenters. The van der Waals surface area contributed by atoms with Crippen molar-refractivity contribution in [1.29, 1.82) is 0 Å². The van der Waals surface area contributed by atoms with Crippen molar-refractivity contribution in [3.63, 3.8) is 0 Å². The van der Waals surface area contributed by atoms with Crippen LogP contribution in [0.15, 0.2) is 18.2 Å². The van der Waals surface area contributed by atoms with E-state index in [4.69, 9.17) is 15.2 Å². The summed E-state index contributed by atoms with van der Waals surface area (Å²) in [5.74, 6) is -0.0114. The molecule has 18 heavy (non-hydrogen) atoms. The monoisotopic (exact) mass is 253 g/mol. The Morgan fingerprint density at radius 1 is 1.50 bits per heavy atom. The molecule has 3 nitrogen and oxygen atoms in total. The lowest BCUT2D eigenvalue weighted by atomic mass is 9.74. The number of ether oxygens (including phenoxy) is 2. The fourth-order valence-electron chi connectivity index (χ4n) is 2.47. The molecule has 4 heteroatoms. The lowest BCUT2D eigenvalue weighted by Crippen LogP contribution is -2.49. The second-order valence-corrected chi connectivity index (χ2v) is 5.03. The third-order valence-corrected chi connectivity index (χ3v) is 3.31. The van der Waals surface area contributed by atoms with E-state index < -0.39 is 0 Å². The summed E-state index contributed by atoms with van der Waals surface area (Å²) >= 11 is 0. The minimum absolute atomic E-state index is 0.0727. The lowest BCUT2D eigenvalue weighted by Gasteiger charge is -2.43. The fraction of sp³-hybridized carbons (Fsp3) is 0.571. The minimum Gasteiger partial charge on any atom is -0.491 e. The molecule has 1 fully saturated rings. The van der Waals surface area contributed by atoms with Gasteiger partial charge in [0.15, 0.2) is 11.6 Å². The van der Waals surface area contributed by atoms with Gasteiger partial charge in [0.25, 0.3) is 0 Å². The molecule has 0 radical (unpaired) electrons. The van der Waals surface area contributed by atoms with E-state index in [-0.39, 0.29) is 17.3 Å². The van der Waals surface area contributed by atoms with Crippen molar-refractivity contribution in [2.75, 3.05) is 19.8 Å². The maximum Gasteiger partial charge on any atom is 0.165 e. The minimum atomic E-state index is -0.315. The molecule has 100 valence electrons. The molecule has 1 aromatic carbocycles. The Balaban J connectivity index is 2.24. The zero-order valence-electron chi connectivity index (χ0n) is 10.9. The maximum atomic E-state index is 13.9. The molecule has 0 aliphatic carbocycles. The van der Waals surface area contributed by atoms with Crippen LogP contribution in [-0.4, -0.2) is 25.9 Å². The SMILES string of the molecule is CCOc1ccc(C2(CC(C)N)COC2)cc1F. The first kappa shape index (κ1) is 13.3. The van der Waals surface area contributed by atoms with Gasteiger partial charge < -0.3 is 15.2 Å². The molecule has 0 saturated carbocycles. The van der Waals surface area contributed by atoms with Crippen molar-refractivity contribution in [2.24, 2.45) is 5.73 Å². The van der Waals surface area contributed by atoms with Gasteiger partial charge in [0.1, 0.15) is 0 Å². The van der Waals surface area contributed by atoms with Crippen LogP contribution in [0.5, 0.6) is 5.75 Å². The van der Waals surface area contributed by atoms with Gasteiger partial charge in [-0.25, -0.2) is 4.39 Å². The van der Waals surface area contributed by atoms with Crippen LogP contribution in [0.1, 0.15) is 25.8 Å². The van der Waals surface area contributed by atoms with Crippen LogP contribution >= 0.6 is 0 Å². The molecule has 1 aromatic rings. The van der Waals surface area contributed by atoms with E-state index in [1.165, 1.54) is 0 Å². The fourth-order valence-corrected chi connectivity index (χ4v) is 2.47. The van der Waals surface area contributed by atoms with E-state index in [1.807, 2.05) is 19.9 Å². The average Bonchev–Trinajstić information content (AvgIpc) is 2.26. The highest BCUT2D eigenvalue weighted by Gasteiger charge is 2.41. The van der Waals surface area contributed by atoms with Gasteiger partial charge in [0.2, 0.25) is 0 Å². The molecule has 2 rings (SSSR count). The molecule has 0 aromatic heterocycles. The molecule has 1 heterocycles. The van der Waals surface area contributed by atoms with E-state index in [0.717, 1.165) is 12.0 Å². The molecule has 0 bridgehead atoms. The first-order valence-corrected chi connectivity index (χ1v) is 6.33. The zero-order chi connectivity index (χ0) is 13.2. The Labute approximate surface area is 107 Å². The predicted octanol–water partition coefficient (Wildman–Crippen LogP) is 2.23. The molecule has 0 amide bonds. The number of hydrogen-bond acceptors (Lipinski definition) is 3. The molecular weight excluding hydrogens is 233 g/mol. The van der Waals surface area contributed by atoms with Crippen LogP contribution in [0.2, 0.25) is 0 Å². The van der Waals surface area contributed by atoms with Crippen molar-refractivity contribution in [3.05, 3.63) is 29.6 Å². The first-order chi connectivity index (χ1) is 8.57. The van der Waals surface area contributed by atoms with Crippen LogP contribution in [-0.2, 0) is 10.2 Å². The summed E-state index contributed by atoms with van der Waals surface area (Å²) in [7, 11) is 0. The lowest BCUT2D eigenvalue weighted by molar-refractivity contribution is -0.0666. The largest absolute Gasteiger partial charge is 0.491 e. The molecule has 0 spiro atoms. The number of rotatable bonds is 5. The average molecular weight is 253 g/mol. The van der Waals surface area contributed by atoms with Crippen molar-refractivity contribution in [1.82, 2.24) is 0 Å². The Morgan fingerprint density at radius 3 is 2.67 bits per heavy atom. The van der Waals surface area contributed by atoms with Gasteiger partial charge in [0, 0.05) is 11.5 Å². The van der Waals surface area contributed by atoms with Crippen LogP contribution in [0.4, 0.5) is 4.39 Å². The van der Waals surface area contributed by atoms with Crippen LogP contribution in [0, 0.1) is 5.82 Å². The quantitative estimate of drug-likeness (QED) is 0.875. The van der Waals surface area contributed by atoms with Gasteiger partial charge in [-0.3, -0.25) is 0 Å². The smallest absolute Gasteiger partial charge is 0.165 e. The number of nitrogens with two attached hydrogens (primary N) is 1. The number of hydrogen-bond donors (Lipinski definition) is 1. The van der Waals surface area contributed by atoms with E-state index in [9.17, 15) is 4.39 Å². The van der Waals surface area contributed by atoms with Crippen molar-refractivity contribution < 1.29 is 13.9 Å². The number of halogens is 1. The maximum absolute atomic E-state index is 13.9. The molecule has 1 atom stereocenters. The summed E-state index contributed by atoms with van der Waals surface area (Å²) in [4.78, 5) is 0. The third-order valence-electron chi connectivity index (χ3n) is 3.31. The summed E-state index contributed by atoms with van der Waals surface area (Å²) in [6, 6.07) is 5.23. The van der Waals surface area contributed by atoms with Gasteiger partial charge in [-0.1, -0.05) is 6.07 Å². The molecular formula is C14H20FNO2. The first-order valence-electron chi connectivity index (χ1n) is 6.33. The Hall–Kier alpha value is -1.13. The van der Waals surface area contributed by atoms with Crippen LogP contribution in [0.25, 0.3) is 0 Å². The summed E-state index contributed by atoms with van der Waals surface area (Å²) in [6.07, 6.45) is 0.806. The second kappa shape index (κ2) is 5.24. The second-order valence-electron chi connectivity index (χ2n) is 5.03. The highest BCUT2D eigenvalue weighted by molar-refractivity contribution is 5.35. The summed E-state index contributed by atoms with van der Waals surface area (Å²) in [6.45, 7) is 5.49. The predicted molar refractivity (Wildman–Crippen MR) is 68.3 cm³/mol. The van der Waals surface area contributed by atoms with Gasteiger partial charge in [-0.05, 0) is 38.0 Å². The Kier molecular flexibility index (Phi) is 3.88. The summed E-state index contributed by atoms with van der Waals surface area (Å²) in [5, 5.41) is 0. The van der Waals surface area contributed by atoms with E-state index in [2.05, 4.69) is 0 Å². The van der Waals surface area contributed by atoms with Crippen LogP contribution < -0.4 is 10.5 Å². The van der Waals surface area contributed by atoms with Gasteiger partial charge in [-0.15, -0.1) is 0 Å². The van der Waals surface area contributed by atoms with Gasteiger partial charge in [-0.2, -0.15) is 0 Å². The standard InChI is InChI=1S/C14H20FNO2/c1-3-18-13-5-4-11(6-12(13)15)14(7-10(2)16)8-17-9-14/h4-6,10H,3,7-9,16H2,1-2H3. The van der Waals surface area contributed by atoms with E-state index >= 15 is 0 Å². The highest BCUT2D eigenvalue weighted by atomic mass is 19.1. The zero-order valence-corrected chi connectivity index (χ0v) is 10.9. The molecule has 1 aliphatic rings. The topological polar surface area (TPSA) is 44.5 Å². The summed E-state index contributed by atoms with van der Waals surface area (Å²) in [5.41, 5.74) is 6.69. The van der Waals surface area contributed by atoms with Gasteiger partial charge in [0.05, 0.1) is 19.8 Å². The molecule has 1 aliphatic heterocycles. The van der Waals surface area contributed by atoms with Crippen molar-refractivity contribution >= 4 is 0 Å². The van der Waals surface area contributed by atoms with Crippen molar-refractivity contribution in [3.8, 4) is 5.75 Å². The van der Waals surface area contributed by atoms with Gasteiger partial charge >= 0.3 is 0 Å². The molecule has 1 saturated heterocycles. The molecule has 2 N–H and O–H groups in total. The van der Waals surface area contributed by atoms with E-state index in [0.29, 0.717) is 25.6 Å². The van der Waals surface area contributed by atoms with E-state index in [1.54, 1.807) is 12.1 Å². The number of benzene rings is 1. The van der Waals surface area contributed by atoms with Crippen LogP contribution in [0.3, 0.4) is 0 Å². The normalized spacial score (nSPS) is 19.1. The highest BCUT2D eigenvalue weighted by Crippen LogP contribution is 2.38. The summed E-state index contributed by atoms with van der Waals surface area (Å²) < 4.78 is 24.4.